The van der Waals surface area contributed by atoms with Gasteiger partial charge in [0.05, 0.1) is 13.2 Å². The number of hydrogen-bond donors (Lipinski definition) is 0. The highest BCUT2D eigenvalue weighted by Gasteiger charge is 2.05. The first-order chi connectivity index (χ1) is 7.95. The molecule has 1 nitrogen and oxygen atoms in total. The van der Waals surface area contributed by atoms with E-state index in [4.69, 9.17) is 4.74 Å². The topological polar surface area (TPSA) is 9.23 Å². The van der Waals surface area contributed by atoms with Gasteiger partial charge in [0, 0.05) is 4.24 Å². The fourth-order valence-corrected chi connectivity index (χ4v) is 3.81. The van der Waals surface area contributed by atoms with Crippen LogP contribution in [0.25, 0.3) is 0 Å². The molecule has 1 aromatic carbocycles. The molecule has 1 aromatic rings. The summed E-state index contributed by atoms with van der Waals surface area (Å²) in [5, 5.41) is 0. The molecule has 1 aliphatic rings. The lowest BCUT2D eigenvalue weighted by Gasteiger charge is -2.12. The van der Waals surface area contributed by atoms with E-state index in [2.05, 4.69) is 18.2 Å². The SMILES string of the molecule is C(COCc1ccccc1)=C1SCCCS1. The van der Waals surface area contributed by atoms with Crippen LogP contribution in [0.2, 0.25) is 0 Å². The van der Waals surface area contributed by atoms with E-state index in [0.717, 1.165) is 6.61 Å². The van der Waals surface area contributed by atoms with Crippen LogP contribution in [-0.2, 0) is 11.3 Å². The van der Waals surface area contributed by atoms with Crippen molar-refractivity contribution in [2.75, 3.05) is 18.1 Å². The zero-order valence-electron chi connectivity index (χ0n) is 9.22. The van der Waals surface area contributed by atoms with Gasteiger partial charge in [-0.3, -0.25) is 0 Å². The van der Waals surface area contributed by atoms with Crippen LogP contribution < -0.4 is 0 Å². The first-order valence-electron chi connectivity index (χ1n) is 5.52. The molecule has 16 heavy (non-hydrogen) atoms. The molecule has 0 bridgehead atoms. The van der Waals surface area contributed by atoms with Gasteiger partial charge in [0.15, 0.2) is 0 Å². The fourth-order valence-electron chi connectivity index (χ4n) is 1.44. The lowest BCUT2D eigenvalue weighted by Crippen LogP contribution is -1.96. The summed E-state index contributed by atoms with van der Waals surface area (Å²) in [6.07, 6.45) is 3.54. The Morgan fingerprint density at radius 2 is 1.88 bits per heavy atom. The van der Waals surface area contributed by atoms with E-state index in [0.29, 0.717) is 6.61 Å². The molecule has 0 amide bonds. The van der Waals surface area contributed by atoms with Crippen molar-refractivity contribution in [2.45, 2.75) is 13.0 Å². The number of hydrogen-bond acceptors (Lipinski definition) is 3. The predicted molar refractivity (Wildman–Crippen MR) is 73.7 cm³/mol. The van der Waals surface area contributed by atoms with Gasteiger partial charge in [-0.1, -0.05) is 30.3 Å². The first-order valence-corrected chi connectivity index (χ1v) is 7.50. The van der Waals surface area contributed by atoms with Gasteiger partial charge in [-0.15, -0.1) is 23.5 Å². The highest BCUT2D eigenvalue weighted by atomic mass is 32.2. The Morgan fingerprint density at radius 1 is 1.12 bits per heavy atom. The maximum atomic E-state index is 5.62. The number of benzene rings is 1. The standard InChI is InChI=1S/C13H16OS2/c1-2-5-12(6-3-1)11-14-8-7-13-15-9-4-10-16-13/h1-3,5-7H,4,8-11H2. The quantitative estimate of drug-likeness (QED) is 0.752. The molecule has 0 unspecified atom stereocenters. The second kappa shape index (κ2) is 7.05. The molecule has 1 fully saturated rings. The van der Waals surface area contributed by atoms with Crippen molar-refractivity contribution >= 4 is 23.5 Å². The molecular weight excluding hydrogens is 236 g/mol. The summed E-state index contributed by atoms with van der Waals surface area (Å²) in [7, 11) is 0. The predicted octanol–water partition coefficient (Wildman–Crippen LogP) is 3.91. The molecule has 1 aliphatic heterocycles. The third-order valence-electron chi connectivity index (χ3n) is 2.26. The van der Waals surface area contributed by atoms with E-state index in [-0.39, 0.29) is 0 Å². The molecule has 3 heteroatoms. The Hall–Kier alpha value is -0.380. The number of ether oxygens (including phenoxy) is 1. The monoisotopic (exact) mass is 252 g/mol. The van der Waals surface area contributed by atoms with Gasteiger partial charge in [-0.2, -0.15) is 0 Å². The minimum absolute atomic E-state index is 0.708. The van der Waals surface area contributed by atoms with E-state index in [1.54, 1.807) is 0 Å². The minimum Gasteiger partial charge on any atom is -0.373 e. The van der Waals surface area contributed by atoms with Gasteiger partial charge in [-0.05, 0) is 29.6 Å². The second-order valence-corrected chi connectivity index (χ2v) is 6.11. The van der Waals surface area contributed by atoms with Crippen LogP contribution in [0.5, 0.6) is 0 Å². The van der Waals surface area contributed by atoms with Crippen LogP contribution in [0.1, 0.15) is 12.0 Å². The van der Waals surface area contributed by atoms with Crippen LogP contribution in [-0.4, -0.2) is 18.1 Å². The van der Waals surface area contributed by atoms with Crippen molar-refractivity contribution in [3.05, 3.63) is 46.2 Å². The summed E-state index contributed by atoms with van der Waals surface area (Å²) >= 11 is 3.91. The van der Waals surface area contributed by atoms with Crippen LogP contribution in [0.3, 0.4) is 0 Å². The van der Waals surface area contributed by atoms with E-state index < -0.39 is 0 Å². The van der Waals surface area contributed by atoms with Gasteiger partial charge in [0.2, 0.25) is 0 Å². The van der Waals surface area contributed by atoms with Crippen molar-refractivity contribution in [2.24, 2.45) is 0 Å². The lowest BCUT2D eigenvalue weighted by molar-refractivity contribution is 0.148. The highest BCUT2D eigenvalue weighted by Crippen LogP contribution is 2.34. The number of rotatable bonds is 4. The van der Waals surface area contributed by atoms with Crippen LogP contribution in [0.15, 0.2) is 40.6 Å². The van der Waals surface area contributed by atoms with E-state index in [1.807, 2.05) is 41.7 Å². The molecule has 0 atom stereocenters. The Labute approximate surface area is 106 Å². The number of thioether (sulfide) groups is 2. The van der Waals surface area contributed by atoms with Crippen LogP contribution >= 0.6 is 23.5 Å². The van der Waals surface area contributed by atoms with E-state index in [9.17, 15) is 0 Å². The molecule has 0 spiro atoms. The molecule has 86 valence electrons. The normalized spacial score (nSPS) is 16.1. The third kappa shape index (κ3) is 4.24. The van der Waals surface area contributed by atoms with Crippen LogP contribution in [0, 0.1) is 0 Å². The lowest BCUT2D eigenvalue weighted by atomic mass is 10.2. The van der Waals surface area contributed by atoms with Gasteiger partial charge in [-0.25, -0.2) is 0 Å². The molecule has 0 aromatic heterocycles. The average Bonchev–Trinajstić information content (AvgIpc) is 2.37. The van der Waals surface area contributed by atoms with Crippen molar-refractivity contribution in [3.8, 4) is 0 Å². The van der Waals surface area contributed by atoms with Gasteiger partial charge in [0.1, 0.15) is 0 Å². The average molecular weight is 252 g/mol. The molecule has 2 rings (SSSR count). The third-order valence-corrected chi connectivity index (χ3v) is 4.85. The maximum absolute atomic E-state index is 5.62. The maximum Gasteiger partial charge on any atom is 0.0721 e. The van der Waals surface area contributed by atoms with Crippen molar-refractivity contribution < 1.29 is 4.74 Å². The molecule has 0 saturated carbocycles. The first kappa shape index (κ1) is 12.1. The highest BCUT2D eigenvalue weighted by molar-refractivity contribution is 8.22. The summed E-state index contributed by atoms with van der Waals surface area (Å²) in [6.45, 7) is 1.43. The molecule has 0 aliphatic carbocycles. The van der Waals surface area contributed by atoms with E-state index in [1.165, 1.54) is 27.7 Å². The van der Waals surface area contributed by atoms with Crippen LogP contribution in [0.4, 0.5) is 0 Å². The summed E-state index contributed by atoms with van der Waals surface area (Å²) < 4.78 is 7.05. The van der Waals surface area contributed by atoms with Gasteiger partial charge < -0.3 is 4.74 Å². The summed E-state index contributed by atoms with van der Waals surface area (Å²) in [5.41, 5.74) is 1.24. The Morgan fingerprint density at radius 3 is 2.62 bits per heavy atom. The Bertz CT molecular complexity index is 327. The Kier molecular flexibility index (Phi) is 5.32. The summed E-state index contributed by atoms with van der Waals surface area (Å²) in [5.74, 6) is 2.52. The van der Waals surface area contributed by atoms with Crippen molar-refractivity contribution in [3.63, 3.8) is 0 Å². The molecular formula is C13H16OS2. The minimum atomic E-state index is 0.708. The summed E-state index contributed by atoms with van der Waals surface area (Å²) in [6, 6.07) is 10.3. The van der Waals surface area contributed by atoms with Crippen molar-refractivity contribution in [1.82, 2.24) is 0 Å². The zero-order chi connectivity index (χ0) is 11.1. The molecule has 1 saturated heterocycles. The van der Waals surface area contributed by atoms with Gasteiger partial charge >= 0.3 is 0 Å². The smallest absolute Gasteiger partial charge is 0.0721 e. The second-order valence-electron chi connectivity index (χ2n) is 3.57. The molecule has 1 heterocycles. The summed E-state index contributed by atoms with van der Waals surface area (Å²) in [4.78, 5) is 0. The Balaban J connectivity index is 1.68. The van der Waals surface area contributed by atoms with Crippen molar-refractivity contribution in [1.29, 1.82) is 0 Å². The van der Waals surface area contributed by atoms with Gasteiger partial charge in [0.25, 0.3) is 0 Å². The molecule has 0 radical (unpaired) electrons. The van der Waals surface area contributed by atoms with E-state index >= 15 is 0 Å². The fraction of sp³-hybridized carbons (Fsp3) is 0.385. The largest absolute Gasteiger partial charge is 0.373 e. The zero-order valence-corrected chi connectivity index (χ0v) is 10.9. The molecule has 0 N–H and O–H groups in total.